The zero-order chi connectivity index (χ0) is 24.3. The molecule has 34 heavy (non-hydrogen) atoms. The lowest BCUT2D eigenvalue weighted by Crippen LogP contribution is -2.53. The highest BCUT2D eigenvalue weighted by molar-refractivity contribution is 5.88. The maximum absolute atomic E-state index is 12.7. The van der Waals surface area contributed by atoms with Gasteiger partial charge in [-0.2, -0.15) is 0 Å². The van der Waals surface area contributed by atoms with Crippen molar-refractivity contribution < 1.29 is 24.2 Å². The van der Waals surface area contributed by atoms with Crippen LogP contribution in [0, 0.1) is 5.92 Å². The van der Waals surface area contributed by atoms with Crippen LogP contribution in [0.4, 0.5) is 4.79 Å². The zero-order valence-corrected chi connectivity index (χ0v) is 19.7. The summed E-state index contributed by atoms with van der Waals surface area (Å²) in [4.78, 5) is 36.9. The van der Waals surface area contributed by atoms with Gasteiger partial charge in [-0.15, -0.1) is 0 Å². The van der Waals surface area contributed by atoms with Gasteiger partial charge >= 0.3 is 12.1 Å². The number of aliphatic carboxylic acids is 1. The van der Waals surface area contributed by atoms with E-state index in [-0.39, 0.29) is 30.4 Å². The first-order valence-electron chi connectivity index (χ1n) is 12.0. The number of hydrogen-bond acceptors (Lipinski definition) is 4. The SMILES string of the molecule is CCCC(C)(NC(=O)[C@@H]1CC[C@H](NC(=O)OCC2c3ccccc3-c3ccccc32)C1)C(=O)O. The molecule has 0 bridgehead atoms. The number of carbonyl (C=O) groups excluding carboxylic acids is 2. The fraction of sp³-hybridized carbons (Fsp3) is 0.444. The number of ether oxygens (including phenoxy) is 1. The predicted molar refractivity (Wildman–Crippen MR) is 128 cm³/mol. The van der Waals surface area contributed by atoms with Gasteiger partial charge < -0.3 is 20.5 Å². The molecule has 7 heteroatoms. The Bertz CT molecular complexity index is 1040. The summed E-state index contributed by atoms with van der Waals surface area (Å²) in [6, 6.07) is 16.2. The average molecular weight is 465 g/mol. The minimum absolute atomic E-state index is 0.00693. The summed E-state index contributed by atoms with van der Waals surface area (Å²) in [6.07, 6.45) is 2.25. The molecule has 2 amide bonds. The number of carboxylic acid groups (broad SMARTS) is 1. The van der Waals surface area contributed by atoms with Crippen molar-refractivity contribution in [2.75, 3.05) is 6.61 Å². The third-order valence-corrected chi connectivity index (χ3v) is 7.09. The summed E-state index contributed by atoms with van der Waals surface area (Å²) in [5.74, 6) is -1.63. The molecule has 180 valence electrons. The topological polar surface area (TPSA) is 105 Å². The lowest BCUT2D eigenvalue weighted by atomic mass is 9.94. The number of hydrogen-bond donors (Lipinski definition) is 3. The molecule has 2 aromatic rings. The van der Waals surface area contributed by atoms with E-state index in [1.165, 1.54) is 18.1 Å². The van der Waals surface area contributed by atoms with E-state index in [1.807, 2.05) is 31.2 Å². The molecule has 0 heterocycles. The van der Waals surface area contributed by atoms with Crippen molar-refractivity contribution in [1.82, 2.24) is 10.6 Å². The van der Waals surface area contributed by atoms with Crippen molar-refractivity contribution in [3.8, 4) is 11.1 Å². The van der Waals surface area contributed by atoms with Gasteiger partial charge in [0.25, 0.3) is 0 Å². The van der Waals surface area contributed by atoms with Crippen LogP contribution >= 0.6 is 0 Å². The van der Waals surface area contributed by atoms with E-state index in [2.05, 4.69) is 34.9 Å². The van der Waals surface area contributed by atoms with Crippen molar-refractivity contribution >= 4 is 18.0 Å². The molecule has 2 aliphatic carbocycles. The van der Waals surface area contributed by atoms with Crippen molar-refractivity contribution in [2.45, 2.75) is 63.5 Å². The second-order valence-electron chi connectivity index (χ2n) is 9.55. The molecule has 0 spiro atoms. The van der Waals surface area contributed by atoms with Gasteiger partial charge in [0.15, 0.2) is 0 Å². The Balaban J connectivity index is 1.30. The van der Waals surface area contributed by atoms with Crippen molar-refractivity contribution in [3.05, 3.63) is 59.7 Å². The Morgan fingerprint density at radius 2 is 1.65 bits per heavy atom. The molecule has 4 rings (SSSR count). The van der Waals surface area contributed by atoms with Crippen LogP contribution in [0.15, 0.2) is 48.5 Å². The maximum atomic E-state index is 12.7. The second kappa shape index (κ2) is 9.87. The number of carbonyl (C=O) groups is 3. The maximum Gasteiger partial charge on any atom is 0.407 e. The highest BCUT2D eigenvalue weighted by Gasteiger charge is 2.38. The van der Waals surface area contributed by atoms with Crippen LogP contribution in [0.5, 0.6) is 0 Å². The highest BCUT2D eigenvalue weighted by atomic mass is 16.5. The van der Waals surface area contributed by atoms with Crippen molar-refractivity contribution in [2.24, 2.45) is 5.92 Å². The summed E-state index contributed by atoms with van der Waals surface area (Å²) in [5.41, 5.74) is 3.39. The molecular formula is C27H32N2O5. The van der Waals surface area contributed by atoms with Gasteiger partial charge in [-0.25, -0.2) is 9.59 Å². The number of benzene rings is 2. The molecule has 0 saturated heterocycles. The molecule has 3 atom stereocenters. The fourth-order valence-corrected chi connectivity index (χ4v) is 5.25. The monoisotopic (exact) mass is 464 g/mol. The van der Waals surface area contributed by atoms with Gasteiger partial charge in [0.05, 0.1) is 0 Å². The number of carboxylic acids is 1. The van der Waals surface area contributed by atoms with Gasteiger partial charge in [-0.05, 0) is 54.9 Å². The van der Waals surface area contributed by atoms with Crippen LogP contribution in [0.1, 0.15) is 63.0 Å². The molecule has 1 fully saturated rings. The quantitative estimate of drug-likeness (QED) is 0.535. The normalized spacial score (nSPS) is 20.6. The summed E-state index contributed by atoms with van der Waals surface area (Å²) >= 11 is 0. The fourth-order valence-electron chi connectivity index (χ4n) is 5.25. The average Bonchev–Trinajstić information content (AvgIpc) is 3.40. The molecule has 0 aliphatic heterocycles. The minimum atomic E-state index is -1.27. The lowest BCUT2D eigenvalue weighted by molar-refractivity contribution is -0.147. The first kappa shape index (κ1) is 23.8. The molecule has 1 unspecified atom stereocenters. The van der Waals surface area contributed by atoms with Crippen LogP contribution in [-0.2, 0) is 14.3 Å². The third kappa shape index (κ3) is 4.79. The van der Waals surface area contributed by atoms with Crippen molar-refractivity contribution in [1.29, 1.82) is 0 Å². The van der Waals surface area contributed by atoms with Crippen LogP contribution in [-0.4, -0.2) is 41.3 Å². The Morgan fingerprint density at radius 1 is 1.03 bits per heavy atom. The molecule has 2 aromatic carbocycles. The van der Waals surface area contributed by atoms with Gasteiger partial charge in [0, 0.05) is 17.9 Å². The zero-order valence-electron chi connectivity index (χ0n) is 19.7. The predicted octanol–water partition coefficient (Wildman–Crippen LogP) is 4.45. The standard InChI is InChI=1S/C27H32N2O5/c1-3-14-27(2,25(31)32)29-24(30)17-12-13-18(15-17)28-26(33)34-16-23-21-10-6-4-8-19(21)20-9-5-7-11-22(20)23/h4-11,17-18,23H,3,12-16H2,1-2H3,(H,28,33)(H,29,30)(H,31,32)/t17-,18+,27?/m1/s1. The number of fused-ring (bicyclic) bond motifs is 3. The van der Waals surface area contributed by atoms with Gasteiger partial charge in [0.1, 0.15) is 12.1 Å². The molecule has 7 nitrogen and oxygen atoms in total. The number of nitrogens with one attached hydrogen (secondary N) is 2. The van der Waals surface area contributed by atoms with E-state index in [1.54, 1.807) is 0 Å². The van der Waals surface area contributed by atoms with E-state index in [9.17, 15) is 19.5 Å². The molecule has 1 saturated carbocycles. The highest BCUT2D eigenvalue weighted by Crippen LogP contribution is 2.44. The Kier molecular flexibility index (Phi) is 6.91. The molecule has 0 aromatic heterocycles. The summed E-state index contributed by atoms with van der Waals surface area (Å²) in [6.45, 7) is 3.67. The summed E-state index contributed by atoms with van der Waals surface area (Å²) < 4.78 is 5.61. The van der Waals surface area contributed by atoms with E-state index in [0.717, 1.165) is 11.1 Å². The number of alkyl carbamates (subject to hydrolysis) is 1. The minimum Gasteiger partial charge on any atom is -0.480 e. The van der Waals surface area contributed by atoms with E-state index < -0.39 is 17.6 Å². The Hall–Kier alpha value is -3.35. The number of amides is 2. The lowest BCUT2D eigenvalue weighted by Gasteiger charge is -2.27. The smallest absolute Gasteiger partial charge is 0.407 e. The molecule has 3 N–H and O–H groups in total. The van der Waals surface area contributed by atoms with Crippen LogP contribution in [0.2, 0.25) is 0 Å². The molecule has 0 radical (unpaired) electrons. The summed E-state index contributed by atoms with van der Waals surface area (Å²) in [5, 5.41) is 15.1. The van der Waals surface area contributed by atoms with Gasteiger partial charge in [-0.1, -0.05) is 61.9 Å². The van der Waals surface area contributed by atoms with Crippen LogP contribution < -0.4 is 10.6 Å². The van der Waals surface area contributed by atoms with E-state index in [0.29, 0.717) is 32.1 Å². The van der Waals surface area contributed by atoms with E-state index in [4.69, 9.17) is 4.74 Å². The van der Waals surface area contributed by atoms with Crippen LogP contribution in [0.3, 0.4) is 0 Å². The molecule has 2 aliphatic rings. The van der Waals surface area contributed by atoms with Gasteiger partial charge in [0.2, 0.25) is 5.91 Å². The Labute approximate surface area is 199 Å². The number of rotatable bonds is 8. The van der Waals surface area contributed by atoms with Crippen molar-refractivity contribution in [3.63, 3.8) is 0 Å². The van der Waals surface area contributed by atoms with Gasteiger partial charge in [-0.3, -0.25) is 4.79 Å². The first-order valence-corrected chi connectivity index (χ1v) is 12.0. The Morgan fingerprint density at radius 3 is 2.24 bits per heavy atom. The first-order chi connectivity index (χ1) is 16.3. The third-order valence-electron chi connectivity index (χ3n) is 7.09. The largest absolute Gasteiger partial charge is 0.480 e. The summed E-state index contributed by atoms with van der Waals surface area (Å²) in [7, 11) is 0. The second-order valence-corrected chi connectivity index (χ2v) is 9.55. The van der Waals surface area contributed by atoms with Crippen LogP contribution in [0.25, 0.3) is 11.1 Å². The molecular weight excluding hydrogens is 432 g/mol. The van der Waals surface area contributed by atoms with E-state index >= 15 is 0 Å².